The first-order valence-corrected chi connectivity index (χ1v) is 4.59. The van der Waals surface area contributed by atoms with Crippen LogP contribution in [-0.2, 0) is 0 Å². The van der Waals surface area contributed by atoms with Crippen molar-refractivity contribution in [2.75, 3.05) is 5.73 Å². The summed E-state index contributed by atoms with van der Waals surface area (Å²) in [7, 11) is 0. The van der Waals surface area contributed by atoms with Gasteiger partial charge in [0.25, 0.3) is 0 Å². The van der Waals surface area contributed by atoms with Crippen molar-refractivity contribution in [1.82, 2.24) is 9.55 Å². The number of nitrogens with two attached hydrogens (primary N) is 1. The van der Waals surface area contributed by atoms with E-state index in [4.69, 9.17) is 5.73 Å². The molecule has 0 atom stereocenters. The summed E-state index contributed by atoms with van der Waals surface area (Å²) in [5.41, 5.74) is 7.18. The Balaban J connectivity index is 2.69. The van der Waals surface area contributed by atoms with Gasteiger partial charge in [0.1, 0.15) is 5.82 Å². The molecule has 4 heteroatoms. The minimum absolute atomic E-state index is 0.361. The van der Waals surface area contributed by atoms with Gasteiger partial charge in [0, 0.05) is 6.20 Å². The lowest BCUT2D eigenvalue weighted by Gasteiger charge is -2.08. The van der Waals surface area contributed by atoms with E-state index in [-0.39, 0.29) is 5.69 Å². The molecule has 2 aromatic rings. The Hall–Kier alpha value is -2.10. The van der Waals surface area contributed by atoms with Crippen molar-refractivity contribution >= 4 is 5.82 Å². The Kier molecular flexibility index (Phi) is 2.25. The molecular weight excluding hydrogens is 190 g/mol. The van der Waals surface area contributed by atoms with Crippen molar-refractivity contribution < 1.29 is 0 Å². The minimum Gasteiger partial charge on any atom is -0.385 e. The van der Waals surface area contributed by atoms with Gasteiger partial charge in [-0.05, 0) is 30.7 Å². The molecule has 0 amide bonds. The SMILES string of the molecule is Cc1cccc(-n2c(N)ccnc2=O)c1. The molecule has 0 bridgehead atoms. The molecule has 76 valence electrons. The van der Waals surface area contributed by atoms with Gasteiger partial charge in [0.15, 0.2) is 0 Å². The Bertz CT molecular complexity index is 546. The van der Waals surface area contributed by atoms with Crippen LogP contribution in [0.3, 0.4) is 0 Å². The largest absolute Gasteiger partial charge is 0.385 e. The van der Waals surface area contributed by atoms with Gasteiger partial charge in [0.05, 0.1) is 5.69 Å². The molecule has 1 aromatic carbocycles. The van der Waals surface area contributed by atoms with Crippen molar-refractivity contribution in [3.05, 3.63) is 52.6 Å². The molecule has 2 N–H and O–H groups in total. The van der Waals surface area contributed by atoms with Crippen molar-refractivity contribution in [3.8, 4) is 5.69 Å². The number of aromatic nitrogens is 2. The van der Waals surface area contributed by atoms with Gasteiger partial charge in [-0.25, -0.2) is 14.3 Å². The van der Waals surface area contributed by atoms with E-state index >= 15 is 0 Å². The predicted octanol–water partition coefficient (Wildman–Crippen LogP) is 1.12. The van der Waals surface area contributed by atoms with E-state index in [0.29, 0.717) is 5.82 Å². The normalized spacial score (nSPS) is 10.2. The lowest BCUT2D eigenvalue weighted by Crippen LogP contribution is -2.23. The number of benzene rings is 1. The Labute approximate surface area is 87.0 Å². The van der Waals surface area contributed by atoms with Crippen molar-refractivity contribution in [2.24, 2.45) is 0 Å². The first kappa shape index (κ1) is 9.45. The lowest BCUT2D eigenvalue weighted by molar-refractivity contribution is 0.925. The Morgan fingerprint density at radius 3 is 2.80 bits per heavy atom. The second-order valence-electron chi connectivity index (χ2n) is 3.33. The van der Waals surface area contributed by atoms with E-state index in [1.165, 1.54) is 10.8 Å². The maximum atomic E-state index is 11.5. The minimum atomic E-state index is -0.361. The topological polar surface area (TPSA) is 60.9 Å². The van der Waals surface area contributed by atoms with Crippen molar-refractivity contribution in [1.29, 1.82) is 0 Å². The van der Waals surface area contributed by atoms with Crippen LogP contribution in [0.2, 0.25) is 0 Å². The zero-order valence-corrected chi connectivity index (χ0v) is 8.34. The zero-order valence-electron chi connectivity index (χ0n) is 8.34. The smallest absolute Gasteiger partial charge is 0.353 e. The third-order valence-corrected chi connectivity index (χ3v) is 2.14. The molecule has 0 fully saturated rings. The molecule has 4 nitrogen and oxygen atoms in total. The highest BCUT2D eigenvalue weighted by Crippen LogP contribution is 2.10. The maximum absolute atomic E-state index is 11.5. The first-order chi connectivity index (χ1) is 7.18. The molecule has 1 heterocycles. The number of nitrogen functional groups attached to an aromatic ring is 1. The summed E-state index contributed by atoms with van der Waals surface area (Å²) >= 11 is 0. The van der Waals surface area contributed by atoms with Crippen molar-refractivity contribution in [3.63, 3.8) is 0 Å². The van der Waals surface area contributed by atoms with Crippen molar-refractivity contribution in [2.45, 2.75) is 6.92 Å². The number of hydrogen-bond donors (Lipinski definition) is 1. The second kappa shape index (κ2) is 3.57. The van der Waals surface area contributed by atoms with Gasteiger partial charge >= 0.3 is 5.69 Å². The standard InChI is InChI=1S/C11H11N3O/c1-8-3-2-4-9(7-8)14-10(12)5-6-13-11(14)15/h2-7H,12H2,1H3. The van der Waals surface area contributed by atoms with Crippen LogP contribution < -0.4 is 11.4 Å². The summed E-state index contributed by atoms with van der Waals surface area (Å²) in [5, 5.41) is 0. The first-order valence-electron chi connectivity index (χ1n) is 4.59. The summed E-state index contributed by atoms with van der Waals surface area (Å²) in [6.45, 7) is 1.96. The molecule has 0 aliphatic heterocycles. The monoisotopic (exact) mass is 201 g/mol. The van der Waals surface area contributed by atoms with E-state index in [9.17, 15) is 4.79 Å². The highest BCUT2D eigenvalue weighted by molar-refractivity contribution is 5.43. The highest BCUT2D eigenvalue weighted by atomic mass is 16.1. The van der Waals surface area contributed by atoms with Crippen LogP contribution in [0.5, 0.6) is 0 Å². The van der Waals surface area contributed by atoms with Gasteiger partial charge in [-0.1, -0.05) is 12.1 Å². The maximum Gasteiger partial charge on any atom is 0.353 e. The Morgan fingerprint density at radius 1 is 1.33 bits per heavy atom. The summed E-state index contributed by atoms with van der Waals surface area (Å²) in [6, 6.07) is 9.15. The Morgan fingerprint density at radius 2 is 2.13 bits per heavy atom. The molecule has 15 heavy (non-hydrogen) atoms. The van der Waals surface area contributed by atoms with E-state index in [2.05, 4.69) is 4.98 Å². The number of nitrogens with zero attached hydrogens (tertiary/aromatic N) is 2. The third-order valence-electron chi connectivity index (χ3n) is 2.14. The summed E-state index contributed by atoms with van der Waals surface area (Å²) in [6.07, 6.45) is 1.41. The molecule has 0 spiro atoms. The summed E-state index contributed by atoms with van der Waals surface area (Å²) < 4.78 is 1.38. The van der Waals surface area contributed by atoms with Crippen LogP contribution >= 0.6 is 0 Å². The van der Waals surface area contributed by atoms with Gasteiger partial charge in [-0.2, -0.15) is 0 Å². The zero-order chi connectivity index (χ0) is 10.8. The fraction of sp³-hybridized carbons (Fsp3) is 0.0909. The number of anilines is 1. The average Bonchev–Trinajstić information content (AvgIpc) is 2.17. The fourth-order valence-electron chi connectivity index (χ4n) is 1.45. The van der Waals surface area contributed by atoms with Crippen LogP contribution in [0.15, 0.2) is 41.3 Å². The van der Waals surface area contributed by atoms with Crippen LogP contribution in [0.1, 0.15) is 5.56 Å². The molecule has 0 aliphatic carbocycles. The molecule has 0 saturated heterocycles. The molecule has 1 aromatic heterocycles. The van der Waals surface area contributed by atoms with Crippen LogP contribution in [0.4, 0.5) is 5.82 Å². The van der Waals surface area contributed by atoms with E-state index < -0.39 is 0 Å². The van der Waals surface area contributed by atoms with Gasteiger partial charge in [0.2, 0.25) is 0 Å². The molecule has 0 unspecified atom stereocenters. The number of hydrogen-bond acceptors (Lipinski definition) is 3. The average molecular weight is 201 g/mol. The van der Waals surface area contributed by atoms with Gasteiger partial charge < -0.3 is 5.73 Å². The number of aryl methyl sites for hydroxylation is 1. The van der Waals surface area contributed by atoms with Crippen LogP contribution in [0.25, 0.3) is 5.69 Å². The van der Waals surface area contributed by atoms with E-state index in [0.717, 1.165) is 11.3 Å². The predicted molar refractivity (Wildman–Crippen MR) is 59.0 cm³/mol. The third kappa shape index (κ3) is 1.74. The summed E-state index contributed by atoms with van der Waals surface area (Å²) in [5.74, 6) is 0.389. The quantitative estimate of drug-likeness (QED) is 0.752. The molecule has 0 saturated carbocycles. The fourth-order valence-corrected chi connectivity index (χ4v) is 1.45. The second-order valence-corrected chi connectivity index (χ2v) is 3.33. The van der Waals surface area contributed by atoms with E-state index in [1.807, 2.05) is 31.2 Å². The highest BCUT2D eigenvalue weighted by Gasteiger charge is 2.03. The lowest BCUT2D eigenvalue weighted by atomic mass is 10.2. The van der Waals surface area contributed by atoms with Crippen LogP contribution in [-0.4, -0.2) is 9.55 Å². The molecule has 0 aliphatic rings. The summed E-state index contributed by atoms with van der Waals surface area (Å²) in [4.78, 5) is 15.2. The molecular formula is C11H11N3O. The number of rotatable bonds is 1. The van der Waals surface area contributed by atoms with Gasteiger partial charge in [-0.15, -0.1) is 0 Å². The van der Waals surface area contributed by atoms with Gasteiger partial charge in [-0.3, -0.25) is 0 Å². The molecule has 0 radical (unpaired) electrons. The van der Waals surface area contributed by atoms with E-state index in [1.54, 1.807) is 6.07 Å². The molecule has 2 rings (SSSR count). The van der Waals surface area contributed by atoms with Crippen LogP contribution in [0, 0.1) is 6.92 Å².